The third kappa shape index (κ3) is 7.81. The number of nitrogens with one attached hydrogen (secondary N) is 2. The Morgan fingerprint density at radius 2 is 2.04 bits per heavy atom. The summed E-state index contributed by atoms with van der Waals surface area (Å²) in [4.78, 5) is 8.71. The molecule has 0 atom stereocenters. The Bertz CT molecular complexity index is 645. The molecule has 7 heteroatoms. The zero-order chi connectivity index (χ0) is 16.5. The molecule has 1 aromatic heterocycles. The zero-order valence-corrected chi connectivity index (χ0v) is 17.9. The first-order chi connectivity index (χ1) is 11.2. The molecule has 0 aliphatic carbocycles. The fourth-order valence-electron chi connectivity index (χ4n) is 2.20. The van der Waals surface area contributed by atoms with E-state index >= 15 is 0 Å². The van der Waals surface area contributed by atoms with Crippen LogP contribution in [-0.4, -0.2) is 31.1 Å². The number of halogens is 2. The topological polar surface area (TPSA) is 49.3 Å². The number of guanidine groups is 1. The molecule has 1 heterocycles. The fourth-order valence-corrected chi connectivity index (χ4v) is 3.23. The first-order valence-electron chi connectivity index (χ1n) is 7.77. The van der Waals surface area contributed by atoms with Gasteiger partial charge in [-0.1, -0.05) is 23.7 Å². The molecule has 0 amide bonds. The highest BCUT2D eigenvalue weighted by Gasteiger charge is 2.01. The lowest BCUT2D eigenvalue weighted by Crippen LogP contribution is -2.38. The highest BCUT2D eigenvalue weighted by atomic mass is 127. The van der Waals surface area contributed by atoms with Gasteiger partial charge in [0.15, 0.2) is 5.96 Å². The lowest BCUT2D eigenvalue weighted by atomic mass is 10.1. The number of benzene rings is 1. The molecule has 0 spiro atoms. The molecule has 0 radical (unpaired) electrons. The first-order valence-corrected chi connectivity index (χ1v) is 9.03. The second kappa shape index (κ2) is 11.7. The normalized spacial score (nSPS) is 11.0. The third-order valence-corrected chi connectivity index (χ3v) is 4.61. The van der Waals surface area contributed by atoms with Gasteiger partial charge < -0.3 is 10.6 Å². The summed E-state index contributed by atoms with van der Waals surface area (Å²) in [5.41, 5.74) is 2.33. The van der Waals surface area contributed by atoms with Crippen molar-refractivity contribution < 1.29 is 0 Å². The van der Waals surface area contributed by atoms with E-state index in [1.54, 1.807) is 18.4 Å². The highest BCUT2D eigenvalue weighted by molar-refractivity contribution is 14.0. The van der Waals surface area contributed by atoms with E-state index in [4.69, 9.17) is 11.6 Å². The van der Waals surface area contributed by atoms with E-state index in [0.29, 0.717) is 0 Å². The molecular formula is C17H24ClIN4S. The summed E-state index contributed by atoms with van der Waals surface area (Å²) in [6.07, 6.45) is 2.96. The van der Waals surface area contributed by atoms with Gasteiger partial charge in [-0.3, -0.25) is 4.99 Å². The van der Waals surface area contributed by atoms with Crippen molar-refractivity contribution >= 4 is 52.9 Å². The molecule has 0 saturated carbocycles. The summed E-state index contributed by atoms with van der Waals surface area (Å²) in [5, 5.41) is 10.7. The summed E-state index contributed by atoms with van der Waals surface area (Å²) in [5.74, 6) is 0.836. The van der Waals surface area contributed by atoms with Gasteiger partial charge in [0.1, 0.15) is 0 Å². The van der Waals surface area contributed by atoms with Gasteiger partial charge in [0.2, 0.25) is 0 Å². The number of aryl methyl sites for hydroxylation is 2. The maximum Gasteiger partial charge on any atom is 0.190 e. The number of aromatic nitrogens is 1. The van der Waals surface area contributed by atoms with E-state index in [2.05, 4.69) is 32.1 Å². The zero-order valence-electron chi connectivity index (χ0n) is 14.0. The molecule has 2 N–H and O–H groups in total. The van der Waals surface area contributed by atoms with Crippen LogP contribution in [0, 0.1) is 6.92 Å². The van der Waals surface area contributed by atoms with Crippen molar-refractivity contribution in [3.63, 3.8) is 0 Å². The Morgan fingerprint density at radius 1 is 1.25 bits per heavy atom. The first kappa shape index (κ1) is 21.2. The maximum absolute atomic E-state index is 5.99. The Balaban J connectivity index is 0.00000288. The van der Waals surface area contributed by atoms with Crippen LogP contribution in [0.1, 0.15) is 22.7 Å². The number of thiazole rings is 1. The van der Waals surface area contributed by atoms with Gasteiger partial charge >= 0.3 is 0 Å². The monoisotopic (exact) mass is 478 g/mol. The number of hydrogen-bond acceptors (Lipinski definition) is 3. The van der Waals surface area contributed by atoms with Gasteiger partial charge in [-0.25, -0.2) is 4.98 Å². The molecule has 0 aliphatic rings. The molecule has 0 bridgehead atoms. The summed E-state index contributed by atoms with van der Waals surface area (Å²) >= 11 is 7.72. The third-order valence-electron chi connectivity index (χ3n) is 3.35. The minimum Gasteiger partial charge on any atom is -0.356 e. The summed E-state index contributed by atoms with van der Waals surface area (Å²) in [7, 11) is 1.79. The minimum atomic E-state index is 0. The van der Waals surface area contributed by atoms with Gasteiger partial charge in [0.25, 0.3) is 0 Å². The standard InChI is InChI=1S/C17H23ClN4S.HI/c1-13-12-23-16(22-13)7-4-9-20-17(19-2)21-10-8-14-5-3-6-15(18)11-14;/h3,5-6,11-12H,4,7-10H2,1-2H3,(H2,19,20,21);1H. The summed E-state index contributed by atoms with van der Waals surface area (Å²) < 4.78 is 0. The molecule has 0 saturated heterocycles. The number of nitrogens with zero attached hydrogens (tertiary/aromatic N) is 2. The number of aliphatic imine (C=N–C) groups is 1. The van der Waals surface area contributed by atoms with Crippen LogP contribution in [0.25, 0.3) is 0 Å². The van der Waals surface area contributed by atoms with E-state index in [9.17, 15) is 0 Å². The molecule has 1 aromatic carbocycles. The van der Waals surface area contributed by atoms with Gasteiger partial charge in [0.05, 0.1) is 5.01 Å². The molecule has 0 aliphatic heterocycles. The Morgan fingerprint density at radius 3 is 2.71 bits per heavy atom. The van der Waals surface area contributed by atoms with Crippen LogP contribution >= 0.6 is 46.9 Å². The Hall–Kier alpha value is -0.860. The van der Waals surface area contributed by atoms with Crippen LogP contribution in [0.5, 0.6) is 0 Å². The quantitative estimate of drug-likeness (QED) is 0.273. The SMILES string of the molecule is CN=C(NCCCc1nc(C)cs1)NCCc1cccc(Cl)c1.I. The van der Waals surface area contributed by atoms with E-state index in [0.717, 1.165) is 49.0 Å². The van der Waals surface area contributed by atoms with E-state index < -0.39 is 0 Å². The van der Waals surface area contributed by atoms with E-state index in [1.807, 2.05) is 25.1 Å². The minimum absolute atomic E-state index is 0. The van der Waals surface area contributed by atoms with Crippen LogP contribution < -0.4 is 10.6 Å². The van der Waals surface area contributed by atoms with Crippen molar-refractivity contribution in [2.75, 3.05) is 20.1 Å². The fraction of sp³-hybridized carbons (Fsp3) is 0.412. The number of rotatable bonds is 7. The lowest BCUT2D eigenvalue weighted by Gasteiger charge is -2.11. The second-order valence-corrected chi connectivity index (χ2v) is 6.67. The van der Waals surface area contributed by atoms with Crippen LogP contribution in [-0.2, 0) is 12.8 Å². The van der Waals surface area contributed by atoms with Crippen molar-refractivity contribution in [1.29, 1.82) is 0 Å². The van der Waals surface area contributed by atoms with Crippen molar-refractivity contribution in [3.05, 3.63) is 50.9 Å². The van der Waals surface area contributed by atoms with Crippen molar-refractivity contribution in [2.45, 2.75) is 26.2 Å². The van der Waals surface area contributed by atoms with Gasteiger partial charge in [0, 0.05) is 42.7 Å². The molecule has 132 valence electrons. The van der Waals surface area contributed by atoms with Crippen molar-refractivity contribution in [3.8, 4) is 0 Å². The summed E-state index contributed by atoms with van der Waals surface area (Å²) in [6, 6.07) is 7.95. The lowest BCUT2D eigenvalue weighted by molar-refractivity contribution is 0.736. The summed E-state index contributed by atoms with van der Waals surface area (Å²) in [6.45, 7) is 3.74. The van der Waals surface area contributed by atoms with Gasteiger partial charge in [-0.15, -0.1) is 35.3 Å². The predicted octanol–water partition coefficient (Wildman–Crippen LogP) is 4.06. The molecule has 0 unspecified atom stereocenters. The number of hydrogen-bond donors (Lipinski definition) is 2. The largest absolute Gasteiger partial charge is 0.356 e. The van der Waals surface area contributed by atoms with Gasteiger partial charge in [-0.2, -0.15) is 0 Å². The van der Waals surface area contributed by atoms with E-state index in [-0.39, 0.29) is 24.0 Å². The smallest absolute Gasteiger partial charge is 0.190 e. The van der Waals surface area contributed by atoms with Gasteiger partial charge in [-0.05, 0) is 37.5 Å². The van der Waals surface area contributed by atoms with Crippen LogP contribution in [0.3, 0.4) is 0 Å². The van der Waals surface area contributed by atoms with Crippen molar-refractivity contribution in [2.24, 2.45) is 4.99 Å². The molecule has 2 rings (SSSR count). The Kier molecular flexibility index (Phi) is 10.3. The maximum atomic E-state index is 5.99. The van der Waals surface area contributed by atoms with Crippen LogP contribution in [0.2, 0.25) is 5.02 Å². The average molecular weight is 479 g/mol. The molecule has 4 nitrogen and oxygen atoms in total. The van der Waals surface area contributed by atoms with Crippen molar-refractivity contribution in [1.82, 2.24) is 15.6 Å². The van der Waals surface area contributed by atoms with Crippen LogP contribution in [0.15, 0.2) is 34.6 Å². The average Bonchev–Trinajstić information content (AvgIpc) is 2.95. The van der Waals surface area contributed by atoms with Crippen LogP contribution in [0.4, 0.5) is 0 Å². The highest BCUT2D eigenvalue weighted by Crippen LogP contribution is 2.11. The second-order valence-electron chi connectivity index (χ2n) is 5.29. The molecular weight excluding hydrogens is 455 g/mol. The molecule has 24 heavy (non-hydrogen) atoms. The Labute approximate surface area is 170 Å². The predicted molar refractivity (Wildman–Crippen MR) is 115 cm³/mol. The van der Waals surface area contributed by atoms with E-state index in [1.165, 1.54) is 10.6 Å². The molecule has 0 fully saturated rings. The molecule has 2 aromatic rings.